The fourth-order valence-electron chi connectivity index (χ4n) is 5.06. The average Bonchev–Trinajstić information content (AvgIpc) is 3.01. The molecule has 0 saturated carbocycles. The van der Waals surface area contributed by atoms with Gasteiger partial charge in [0.25, 0.3) is 0 Å². The van der Waals surface area contributed by atoms with E-state index in [2.05, 4.69) is 181 Å². The molecule has 0 saturated heterocycles. The molecular weight excluding hydrogens is 484 g/mol. The van der Waals surface area contributed by atoms with Gasteiger partial charge in [-0.2, -0.15) is 0 Å². The number of anilines is 6. The smallest absolute Gasteiger partial charge is 0.0467 e. The van der Waals surface area contributed by atoms with Crippen LogP contribution in [0.5, 0.6) is 0 Å². The second-order valence-corrected chi connectivity index (χ2v) is 10.1. The molecule has 0 bridgehead atoms. The van der Waals surface area contributed by atoms with Crippen LogP contribution in [-0.4, -0.2) is 0 Å². The first-order chi connectivity index (χ1) is 19.7. The van der Waals surface area contributed by atoms with Crippen molar-refractivity contribution in [2.75, 3.05) is 9.80 Å². The Morgan fingerprint density at radius 2 is 0.675 bits per heavy atom. The lowest BCUT2D eigenvalue weighted by Gasteiger charge is -2.26. The van der Waals surface area contributed by atoms with E-state index < -0.39 is 0 Å². The first-order valence-electron chi connectivity index (χ1n) is 13.7. The van der Waals surface area contributed by atoms with Crippen molar-refractivity contribution in [3.8, 4) is 11.1 Å². The van der Waals surface area contributed by atoms with Gasteiger partial charge in [-0.1, -0.05) is 96.1 Å². The minimum absolute atomic E-state index is 1.13. The van der Waals surface area contributed by atoms with E-state index in [-0.39, 0.29) is 0 Å². The molecule has 6 aromatic carbocycles. The Labute approximate surface area is 237 Å². The van der Waals surface area contributed by atoms with E-state index in [0.29, 0.717) is 0 Å². The molecule has 0 radical (unpaired) electrons. The first kappa shape index (κ1) is 25.2. The molecule has 0 atom stereocenters. The SMILES string of the molecule is Cc1ccc(N(c2ccccc2)c2ccc(-c3cccc(N(c4ccccc4)c4ccc(C)cc4)c3)cc2)cc1. The van der Waals surface area contributed by atoms with Crippen molar-refractivity contribution < 1.29 is 0 Å². The van der Waals surface area contributed by atoms with Crippen LogP contribution in [0.2, 0.25) is 0 Å². The topological polar surface area (TPSA) is 6.48 Å². The van der Waals surface area contributed by atoms with Crippen LogP contribution in [0.1, 0.15) is 11.1 Å². The summed E-state index contributed by atoms with van der Waals surface area (Å²) in [6.45, 7) is 4.25. The molecule has 0 aliphatic carbocycles. The van der Waals surface area contributed by atoms with Crippen molar-refractivity contribution in [3.05, 3.63) is 169 Å². The van der Waals surface area contributed by atoms with Gasteiger partial charge in [-0.05, 0) is 97.8 Å². The lowest BCUT2D eigenvalue weighted by Crippen LogP contribution is -2.10. The van der Waals surface area contributed by atoms with Gasteiger partial charge >= 0.3 is 0 Å². The van der Waals surface area contributed by atoms with Crippen molar-refractivity contribution in [3.63, 3.8) is 0 Å². The molecule has 194 valence electrons. The van der Waals surface area contributed by atoms with Gasteiger partial charge in [0, 0.05) is 34.1 Å². The Kier molecular flexibility index (Phi) is 7.15. The summed E-state index contributed by atoms with van der Waals surface area (Å²) in [6, 6.07) is 56.1. The highest BCUT2D eigenvalue weighted by Crippen LogP contribution is 2.38. The molecule has 6 aromatic rings. The molecule has 0 fully saturated rings. The highest BCUT2D eigenvalue weighted by Gasteiger charge is 2.15. The maximum absolute atomic E-state index is 2.31. The summed E-state index contributed by atoms with van der Waals surface area (Å²) in [5.74, 6) is 0. The largest absolute Gasteiger partial charge is 0.311 e. The van der Waals surface area contributed by atoms with Crippen molar-refractivity contribution in [2.45, 2.75) is 13.8 Å². The molecule has 2 nitrogen and oxygen atoms in total. The maximum atomic E-state index is 2.31. The van der Waals surface area contributed by atoms with Gasteiger partial charge in [-0.3, -0.25) is 0 Å². The standard InChI is InChI=1S/C38H32N2/c1-29-16-22-35(23-17-29)39(33-11-5-3-6-12-33)37-26-20-31(21-27-37)32-10-9-15-38(28-32)40(34-13-7-4-8-14-34)36-24-18-30(2)19-25-36/h3-28H,1-2H3. The Morgan fingerprint density at radius 1 is 0.300 bits per heavy atom. The molecule has 0 aliphatic heterocycles. The Bertz CT molecular complexity index is 1670. The molecule has 0 heterocycles. The summed E-state index contributed by atoms with van der Waals surface area (Å²) >= 11 is 0. The molecule has 6 rings (SSSR count). The van der Waals surface area contributed by atoms with Crippen molar-refractivity contribution in [2.24, 2.45) is 0 Å². The van der Waals surface area contributed by atoms with Gasteiger partial charge in [0.2, 0.25) is 0 Å². The predicted octanol–water partition coefficient (Wildman–Crippen LogP) is 10.9. The van der Waals surface area contributed by atoms with Gasteiger partial charge in [0.15, 0.2) is 0 Å². The third-order valence-corrected chi connectivity index (χ3v) is 7.18. The van der Waals surface area contributed by atoms with Crippen molar-refractivity contribution in [1.82, 2.24) is 0 Å². The highest BCUT2D eigenvalue weighted by molar-refractivity contribution is 5.82. The first-order valence-corrected chi connectivity index (χ1v) is 13.7. The summed E-state index contributed by atoms with van der Waals surface area (Å²) < 4.78 is 0. The van der Waals surface area contributed by atoms with E-state index >= 15 is 0 Å². The van der Waals surface area contributed by atoms with E-state index in [9.17, 15) is 0 Å². The second kappa shape index (κ2) is 11.3. The zero-order chi connectivity index (χ0) is 27.3. The Balaban J connectivity index is 1.37. The third-order valence-electron chi connectivity index (χ3n) is 7.18. The summed E-state index contributed by atoms with van der Waals surface area (Å²) in [6.07, 6.45) is 0. The summed E-state index contributed by atoms with van der Waals surface area (Å²) in [5.41, 5.74) is 11.7. The molecule has 0 unspecified atom stereocenters. The average molecular weight is 517 g/mol. The number of benzene rings is 6. The number of para-hydroxylation sites is 2. The summed E-state index contributed by atoms with van der Waals surface area (Å²) in [7, 11) is 0. The van der Waals surface area contributed by atoms with Crippen LogP contribution < -0.4 is 9.80 Å². The van der Waals surface area contributed by atoms with Crippen LogP contribution in [0.4, 0.5) is 34.1 Å². The number of hydrogen-bond acceptors (Lipinski definition) is 2. The summed E-state index contributed by atoms with van der Waals surface area (Å²) in [4.78, 5) is 4.61. The van der Waals surface area contributed by atoms with E-state index in [1.807, 2.05) is 0 Å². The van der Waals surface area contributed by atoms with E-state index in [1.165, 1.54) is 22.3 Å². The Morgan fingerprint density at radius 3 is 1.15 bits per heavy atom. The molecule has 0 spiro atoms. The third kappa shape index (κ3) is 5.39. The quantitative estimate of drug-likeness (QED) is 0.208. The minimum atomic E-state index is 1.13. The number of rotatable bonds is 7. The fraction of sp³-hybridized carbons (Fsp3) is 0.0526. The second-order valence-electron chi connectivity index (χ2n) is 10.1. The van der Waals surface area contributed by atoms with Gasteiger partial charge < -0.3 is 9.80 Å². The van der Waals surface area contributed by atoms with Crippen LogP contribution in [0.15, 0.2) is 158 Å². The highest BCUT2D eigenvalue weighted by atomic mass is 15.1. The van der Waals surface area contributed by atoms with E-state index in [0.717, 1.165) is 34.1 Å². The zero-order valence-corrected chi connectivity index (χ0v) is 22.9. The van der Waals surface area contributed by atoms with Crippen LogP contribution in [0, 0.1) is 13.8 Å². The van der Waals surface area contributed by atoms with E-state index in [1.54, 1.807) is 0 Å². The summed E-state index contributed by atoms with van der Waals surface area (Å²) in [5, 5.41) is 0. The van der Waals surface area contributed by atoms with Gasteiger partial charge in [0.05, 0.1) is 0 Å². The van der Waals surface area contributed by atoms with Crippen LogP contribution in [-0.2, 0) is 0 Å². The monoisotopic (exact) mass is 516 g/mol. The molecule has 0 N–H and O–H groups in total. The maximum Gasteiger partial charge on any atom is 0.0467 e. The Hall–Kier alpha value is -5.08. The minimum Gasteiger partial charge on any atom is -0.311 e. The van der Waals surface area contributed by atoms with Crippen molar-refractivity contribution in [1.29, 1.82) is 0 Å². The van der Waals surface area contributed by atoms with Crippen molar-refractivity contribution >= 4 is 34.1 Å². The number of aryl methyl sites for hydroxylation is 2. The number of hydrogen-bond donors (Lipinski definition) is 0. The van der Waals surface area contributed by atoms with E-state index in [4.69, 9.17) is 0 Å². The van der Waals surface area contributed by atoms with Gasteiger partial charge in [-0.15, -0.1) is 0 Å². The molecule has 0 aliphatic rings. The lowest BCUT2D eigenvalue weighted by atomic mass is 10.0. The zero-order valence-electron chi connectivity index (χ0n) is 22.9. The van der Waals surface area contributed by atoms with Gasteiger partial charge in [-0.25, -0.2) is 0 Å². The predicted molar refractivity (Wildman–Crippen MR) is 171 cm³/mol. The normalized spacial score (nSPS) is 10.8. The van der Waals surface area contributed by atoms with Crippen LogP contribution >= 0.6 is 0 Å². The van der Waals surface area contributed by atoms with Crippen LogP contribution in [0.3, 0.4) is 0 Å². The molecule has 0 aromatic heterocycles. The lowest BCUT2D eigenvalue weighted by molar-refractivity contribution is 1.27. The fourth-order valence-corrected chi connectivity index (χ4v) is 5.06. The molecule has 40 heavy (non-hydrogen) atoms. The van der Waals surface area contributed by atoms with Gasteiger partial charge in [0.1, 0.15) is 0 Å². The molecule has 2 heteroatoms. The molecule has 0 amide bonds. The molecular formula is C38H32N2. The number of nitrogens with zero attached hydrogens (tertiary/aromatic N) is 2. The van der Waals surface area contributed by atoms with Crippen LogP contribution in [0.25, 0.3) is 11.1 Å².